The van der Waals surface area contributed by atoms with Crippen LogP contribution in [0.5, 0.6) is 23.0 Å². The zero-order valence-corrected chi connectivity index (χ0v) is 12.7. The average molecular weight is 302 g/mol. The number of benzene rings is 2. The minimum atomic E-state index is -0.286. The van der Waals surface area contributed by atoms with Crippen molar-refractivity contribution < 1.29 is 20.4 Å². The van der Waals surface area contributed by atoms with Crippen LogP contribution >= 0.6 is 0 Å². The van der Waals surface area contributed by atoms with Crippen LogP contribution in [0.1, 0.15) is 49.7 Å². The van der Waals surface area contributed by atoms with Crippen molar-refractivity contribution in [1.29, 1.82) is 0 Å². The summed E-state index contributed by atoms with van der Waals surface area (Å²) < 4.78 is 0. The van der Waals surface area contributed by atoms with Crippen LogP contribution in [0.25, 0.3) is 0 Å². The lowest BCUT2D eigenvalue weighted by Gasteiger charge is -2.21. The van der Waals surface area contributed by atoms with Gasteiger partial charge in [-0.25, -0.2) is 0 Å². The first kappa shape index (κ1) is 16.0. The Morgan fingerprint density at radius 3 is 1.73 bits per heavy atom. The SMILES string of the molecule is CCCCCC(c1cccc(O)c1O)c1cccc(O)c1O. The molecule has 0 fully saturated rings. The molecule has 0 aliphatic rings. The van der Waals surface area contributed by atoms with Gasteiger partial charge in [0.05, 0.1) is 0 Å². The molecule has 0 saturated heterocycles. The second-order valence-corrected chi connectivity index (χ2v) is 5.48. The van der Waals surface area contributed by atoms with Crippen molar-refractivity contribution in [2.45, 2.75) is 38.5 Å². The molecular weight excluding hydrogens is 280 g/mol. The number of rotatable bonds is 6. The molecule has 0 amide bonds. The third kappa shape index (κ3) is 3.27. The van der Waals surface area contributed by atoms with E-state index in [1.807, 2.05) is 0 Å². The highest BCUT2D eigenvalue weighted by molar-refractivity contribution is 5.54. The molecule has 0 bridgehead atoms. The van der Waals surface area contributed by atoms with Gasteiger partial charge in [-0.05, 0) is 18.6 Å². The second kappa shape index (κ2) is 7.07. The van der Waals surface area contributed by atoms with Gasteiger partial charge in [-0.2, -0.15) is 0 Å². The minimum absolute atomic E-state index is 0.174. The van der Waals surface area contributed by atoms with E-state index in [0.29, 0.717) is 17.5 Å². The van der Waals surface area contributed by atoms with Gasteiger partial charge in [0, 0.05) is 17.0 Å². The van der Waals surface area contributed by atoms with Crippen LogP contribution < -0.4 is 0 Å². The number of phenolic OH excluding ortho intramolecular Hbond substituents is 4. The van der Waals surface area contributed by atoms with Crippen molar-refractivity contribution in [2.24, 2.45) is 0 Å². The van der Waals surface area contributed by atoms with Crippen molar-refractivity contribution in [2.75, 3.05) is 0 Å². The smallest absolute Gasteiger partial charge is 0.161 e. The number of hydrogen-bond acceptors (Lipinski definition) is 4. The van der Waals surface area contributed by atoms with Crippen LogP contribution in [-0.4, -0.2) is 20.4 Å². The van der Waals surface area contributed by atoms with E-state index < -0.39 is 0 Å². The van der Waals surface area contributed by atoms with Gasteiger partial charge in [0.2, 0.25) is 0 Å². The number of para-hydroxylation sites is 2. The summed E-state index contributed by atoms with van der Waals surface area (Å²) in [6, 6.07) is 9.63. The van der Waals surface area contributed by atoms with Crippen molar-refractivity contribution in [3.8, 4) is 23.0 Å². The Balaban J connectivity index is 2.46. The zero-order valence-electron chi connectivity index (χ0n) is 12.7. The van der Waals surface area contributed by atoms with Gasteiger partial charge in [-0.1, -0.05) is 50.5 Å². The Labute approximate surface area is 130 Å². The fourth-order valence-electron chi connectivity index (χ4n) is 2.74. The number of aromatic hydroxyl groups is 4. The predicted molar refractivity (Wildman–Crippen MR) is 85.5 cm³/mol. The van der Waals surface area contributed by atoms with Gasteiger partial charge in [-0.15, -0.1) is 0 Å². The molecule has 4 nitrogen and oxygen atoms in total. The van der Waals surface area contributed by atoms with E-state index >= 15 is 0 Å². The fraction of sp³-hybridized carbons (Fsp3) is 0.333. The van der Waals surface area contributed by atoms with Crippen molar-refractivity contribution in [3.63, 3.8) is 0 Å². The molecule has 0 radical (unpaired) electrons. The first-order chi connectivity index (χ1) is 10.6. The van der Waals surface area contributed by atoms with Crippen LogP contribution in [0.2, 0.25) is 0 Å². The Kier molecular flexibility index (Phi) is 5.15. The van der Waals surface area contributed by atoms with Gasteiger partial charge in [-0.3, -0.25) is 0 Å². The van der Waals surface area contributed by atoms with Crippen LogP contribution in [0, 0.1) is 0 Å². The van der Waals surface area contributed by atoms with E-state index in [-0.39, 0.29) is 28.9 Å². The summed E-state index contributed by atoms with van der Waals surface area (Å²) in [5, 5.41) is 39.8. The summed E-state index contributed by atoms with van der Waals surface area (Å²) >= 11 is 0. The molecule has 0 heterocycles. The van der Waals surface area contributed by atoms with Gasteiger partial charge < -0.3 is 20.4 Å². The normalized spacial score (nSPS) is 11.0. The number of unbranched alkanes of at least 4 members (excludes halogenated alkanes) is 2. The molecule has 22 heavy (non-hydrogen) atoms. The molecule has 4 N–H and O–H groups in total. The third-order valence-electron chi connectivity index (χ3n) is 3.94. The Morgan fingerprint density at radius 2 is 1.27 bits per heavy atom. The summed E-state index contributed by atoms with van der Waals surface area (Å²) in [6.07, 6.45) is 3.73. The molecule has 2 aromatic rings. The average Bonchev–Trinajstić information content (AvgIpc) is 2.50. The van der Waals surface area contributed by atoms with E-state index in [1.54, 1.807) is 24.3 Å². The minimum Gasteiger partial charge on any atom is -0.504 e. The monoisotopic (exact) mass is 302 g/mol. The maximum absolute atomic E-state index is 10.2. The molecule has 0 aliphatic heterocycles. The molecule has 118 valence electrons. The maximum atomic E-state index is 10.2. The Bertz CT molecular complexity index is 585. The lowest BCUT2D eigenvalue weighted by Crippen LogP contribution is -2.02. The highest BCUT2D eigenvalue weighted by atomic mass is 16.3. The summed E-state index contributed by atoms with van der Waals surface area (Å²) in [7, 11) is 0. The van der Waals surface area contributed by atoms with Gasteiger partial charge in [0.25, 0.3) is 0 Å². The van der Waals surface area contributed by atoms with Gasteiger partial charge >= 0.3 is 0 Å². The Hall–Kier alpha value is -2.36. The van der Waals surface area contributed by atoms with Gasteiger partial charge in [0.1, 0.15) is 0 Å². The Morgan fingerprint density at radius 1 is 0.773 bits per heavy atom. The van der Waals surface area contributed by atoms with Crippen molar-refractivity contribution >= 4 is 0 Å². The van der Waals surface area contributed by atoms with E-state index in [4.69, 9.17) is 0 Å². The molecule has 2 rings (SSSR count). The van der Waals surface area contributed by atoms with E-state index in [9.17, 15) is 20.4 Å². The molecule has 0 aromatic heterocycles. The van der Waals surface area contributed by atoms with Crippen LogP contribution in [-0.2, 0) is 0 Å². The fourth-order valence-corrected chi connectivity index (χ4v) is 2.74. The zero-order chi connectivity index (χ0) is 16.1. The maximum Gasteiger partial charge on any atom is 0.161 e. The summed E-state index contributed by atoms with van der Waals surface area (Å²) in [4.78, 5) is 0. The molecular formula is C18H22O4. The van der Waals surface area contributed by atoms with Crippen LogP contribution in [0.15, 0.2) is 36.4 Å². The molecule has 0 atom stereocenters. The summed E-state index contributed by atoms with van der Waals surface area (Å²) in [5.41, 5.74) is 1.11. The topological polar surface area (TPSA) is 80.9 Å². The predicted octanol–water partition coefficient (Wildman–Crippen LogP) is 4.22. The van der Waals surface area contributed by atoms with Crippen molar-refractivity contribution in [1.82, 2.24) is 0 Å². The highest BCUT2D eigenvalue weighted by Gasteiger charge is 2.23. The van der Waals surface area contributed by atoms with E-state index in [1.165, 1.54) is 12.1 Å². The standard InChI is InChI=1S/C18H22O4/c1-2-3-4-7-12(13-8-5-10-15(19)17(13)21)14-9-6-11-16(20)18(14)22/h5-6,8-12,19-22H,2-4,7H2,1H3. The highest BCUT2D eigenvalue weighted by Crippen LogP contribution is 2.44. The lowest BCUT2D eigenvalue weighted by molar-refractivity contribution is 0.388. The number of hydrogen-bond donors (Lipinski definition) is 4. The largest absolute Gasteiger partial charge is 0.504 e. The van der Waals surface area contributed by atoms with Crippen LogP contribution in [0.4, 0.5) is 0 Å². The van der Waals surface area contributed by atoms with Gasteiger partial charge in [0.15, 0.2) is 23.0 Å². The summed E-state index contributed by atoms with van der Waals surface area (Å²) in [5.74, 6) is -1.00. The first-order valence-electron chi connectivity index (χ1n) is 7.58. The number of phenols is 4. The van der Waals surface area contributed by atoms with Crippen LogP contribution in [0.3, 0.4) is 0 Å². The quantitative estimate of drug-likeness (QED) is 0.475. The van der Waals surface area contributed by atoms with E-state index in [2.05, 4.69) is 6.92 Å². The molecule has 0 unspecified atom stereocenters. The molecule has 0 saturated carbocycles. The lowest BCUT2D eigenvalue weighted by atomic mass is 9.85. The molecule has 0 aliphatic carbocycles. The molecule has 2 aromatic carbocycles. The van der Waals surface area contributed by atoms with E-state index in [0.717, 1.165) is 19.3 Å². The first-order valence-corrected chi connectivity index (χ1v) is 7.58. The van der Waals surface area contributed by atoms with Crippen molar-refractivity contribution in [3.05, 3.63) is 47.5 Å². The summed E-state index contributed by atoms with van der Waals surface area (Å²) in [6.45, 7) is 2.10. The second-order valence-electron chi connectivity index (χ2n) is 5.48. The molecule has 4 heteroatoms. The third-order valence-corrected chi connectivity index (χ3v) is 3.94. The molecule has 0 spiro atoms.